The first-order chi connectivity index (χ1) is 14.9. The van der Waals surface area contributed by atoms with E-state index in [1.165, 1.54) is 33.9 Å². The Hall–Kier alpha value is -3.44. The molecule has 1 amide bonds. The van der Waals surface area contributed by atoms with Gasteiger partial charge in [0.1, 0.15) is 0 Å². The molecular formula is C26H23NO3S. The van der Waals surface area contributed by atoms with E-state index in [1.807, 2.05) is 22.9 Å². The highest BCUT2D eigenvalue weighted by Gasteiger charge is 2.21. The summed E-state index contributed by atoms with van der Waals surface area (Å²) in [5, 5.41) is 0. The summed E-state index contributed by atoms with van der Waals surface area (Å²) in [5.74, 6) is -0.665. The molecule has 4 nitrogen and oxygen atoms in total. The van der Waals surface area contributed by atoms with Crippen molar-refractivity contribution in [3.63, 3.8) is 0 Å². The fourth-order valence-corrected chi connectivity index (χ4v) is 4.37. The molecule has 156 valence electrons. The number of sulfonamides is 1. The van der Waals surface area contributed by atoms with Gasteiger partial charge in [-0.1, -0.05) is 78.9 Å². The van der Waals surface area contributed by atoms with Crippen LogP contribution in [0.1, 0.15) is 34.2 Å². The van der Waals surface area contributed by atoms with Crippen LogP contribution < -0.4 is 4.72 Å². The largest absolute Gasteiger partial charge is 0.269 e. The molecule has 3 aromatic rings. The van der Waals surface area contributed by atoms with Crippen molar-refractivity contribution >= 4 is 33.2 Å². The summed E-state index contributed by atoms with van der Waals surface area (Å²) in [6.45, 7) is 0. The van der Waals surface area contributed by atoms with Gasteiger partial charge in [-0.15, -0.1) is 0 Å². The third-order valence-corrected chi connectivity index (χ3v) is 5.84. The number of hydrogen-bond donors (Lipinski definition) is 1. The van der Waals surface area contributed by atoms with E-state index >= 15 is 0 Å². The van der Waals surface area contributed by atoms with Gasteiger partial charge in [-0.3, -0.25) is 4.79 Å². The van der Waals surface area contributed by atoms with Gasteiger partial charge in [-0.05, 0) is 57.9 Å². The van der Waals surface area contributed by atoms with E-state index in [9.17, 15) is 13.2 Å². The molecule has 0 fully saturated rings. The third-order valence-electron chi connectivity index (χ3n) is 5.27. The zero-order valence-corrected chi connectivity index (χ0v) is 18.0. The molecule has 1 aliphatic rings. The van der Waals surface area contributed by atoms with Crippen molar-refractivity contribution in [1.29, 1.82) is 0 Å². The molecule has 0 bridgehead atoms. The fourth-order valence-electron chi connectivity index (χ4n) is 3.94. The maximum absolute atomic E-state index is 11.7. The summed E-state index contributed by atoms with van der Waals surface area (Å²) in [5.41, 5.74) is 8.33. The van der Waals surface area contributed by atoms with Crippen LogP contribution in [0.3, 0.4) is 0 Å². The number of hydrogen-bond acceptors (Lipinski definition) is 3. The van der Waals surface area contributed by atoms with E-state index in [0.717, 1.165) is 30.2 Å². The molecule has 3 aromatic carbocycles. The van der Waals surface area contributed by atoms with E-state index in [1.54, 1.807) is 6.08 Å². The van der Waals surface area contributed by atoms with Crippen molar-refractivity contribution in [2.24, 2.45) is 0 Å². The van der Waals surface area contributed by atoms with Crippen LogP contribution >= 0.6 is 0 Å². The topological polar surface area (TPSA) is 63.2 Å². The fraction of sp³-hybridized carbons (Fsp3) is 0.115. The first kappa shape index (κ1) is 20.8. The Kier molecular flexibility index (Phi) is 5.87. The lowest BCUT2D eigenvalue weighted by atomic mass is 9.79. The molecule has 5 heteroatoms. The van der Waals surface area contributed by atoms with E-state index in [4.69, 9.17) is 0 Å². The smallest absolute Gasteiger partial charge is 0.257 e. The molecule has 0 heterocycles. The maximum Gasteiger partial charge on any atom is 0.257 e. The van der Waals surface area contributed by atoms with Gasteiger partial charge in [0.05, 0.1) is 6.26 Å². The molecule has 0 aromatic heterocycles. The number of nitrogens with one attached hydrogen (secondary N) is 1. The number of amides is 1. The molecule has 4 rings (SSSR count). The quantitative estimate of drug-likeness (QED) is 0.599. The minimum atomic E-state index is -3.57. The monoisotopic (exact) mass is 429 g/mol. The van der Waals surface area contributed by atoms with Gasteiger partial charge in [0.25, 0.3) is 5.91 Å². The number of benzene rings is 3. The number of rotatable bonds is 5. The summed E-state index contributed by atoms with van der Waals surface area (Å²) >= 11 is 0. The summed E-state index contributed by atoms with van der Waals surface area (Å²) in [6, 6.07) is 27.0. The van der Waals surface area contributed by atoms with Crippen LogP contribution in [0.2, 0.25) is 0 Å². The lowest BCUT2D eigenvalue weighted by Crippen LogP contribution is -2.27. The second-order valence-electron chi connectivity index (χ2n) is 7.57. The second kappa shape index (κ2) is 8.74. The highest BCUT2D eigenvalue weighted by atomic mass is 32.2. The van der Waals surface area contributed by atoms with Crippen LogP contribution in [0, 0.1) is 0 Å². The first-order valence-corrected chi connectivity index (χ1v) is 12.0. The lowest BCUT2D eigenvalue weighted by molar-refractivity contribution is -0.114. The van der Waals surface area contributed by atoms with Crippen molar-refractivity contribution in [1.82, 2.24) is 4.72 Å². The number of aryl methyl sites for hydroxylation is 1. The molecule has 0 spiro atoms. The Bertz CT molecular complexity index is 1270. The molecule has 0 atom stereocenters. The zero-order chi connectivity index (χ0) is 21.8. The van der Waals surface area contributed by atoms with Gasteiger partial charge in [0.2, 0.25) is 10.0 Å². The molecule has 1 aliphatic carbocycles. The Morgan fingerprint density at radius 3 is 2.23 bits per heavy atom. The zero-order valence-electron chi connectivity index (χ0n) is 17.2. The van der Waals surface area contributed by atoms with E-state index < -0.39 is 15.9 Å². The molecule has 0 aliphatic heterocycles. The van der Waals surface area contributed by atoms with Crippen molar-refractivity contribution in [3.05, 3.63) is 113 Å². The van der Waals surface area contributed by atoms with Gasteiger partial charge in [0.15, 0.2) is 0 Å². The SMILES string of the molecule is CS(=O)(=O)NC(=O)/C=C/c1ccc(C2=C(c3ccccc3)CCc3ccccc32)cc1. The summed E-state index contributed by atoms with van der Waals surface area (Å²) < 4.78 is 24.2. The second-order valence-corrected chi connectivity index (χ2v) is 9.32. The van der Waals surface area contributed by atoms with Gasteiger partial charge in [-0.2, -0.15) is 0 Å². The Morgan fingerprint density at radius 1 is 0.839 bits per heavy atom. The van der Waals surface area contributed by atoms with Gasteiger partial charge in [0, 0.05) is 6.08 Å². The lowest BCUT2D eigenvalue weighted by Gasteiger charge is -2.24. The number of carbonyl (C=O) groups excluding carboxylic acids is 1. The van der Waals surface area contributed by atoms with Crippen LogP contribution in [-0.4, -0.2) is 20.6 Å². The van der Waals surface area contributed by atoms with Crippen LogP contribution in [-0.2, 0) is 21.2 Å². The number of fused-ring (bicyclic) bond motifs is 1. The normalized spacial score (nSPS) is 13.8. The van der Waals surface area contributed by atoms with E-state index in [0.29, 0.717) is 0 Å². The first-order valence-electron chi connectivity index (χ1n) is 10.1. The molecule has 1 N–H and O–H groups in total. The van der Waals surface area contributed by atoms with Crippen molar-refractivity contribution in [3.8, 4) is 0 Å². The average molecular weight is 430 g/mol. The number of allylic oxidation sites excluding steroid dienone is 1. The molecule has 0 saturated carbocycles. The molecule has 0 unspecified atom stereocenters. The van der Waals surface area contributed by atoms with Crippen LogP contribution in [0.5, 0.6) is 0 Å². The molecular weight excluding hydrogens is 406 g/mol. The minimum absolute atomic E-state index is 0.665. The van der Waals surface area contributed by atoms with E-state index in [2.05, 4.69) is 60.7 Å². The standard InChI is InChI=1S/C26H23NO3S/c1-31(29,30)27-25(28)18-13-19-11-14-22(15-12-19)26-23-10-6-5-9-21(23)16-17-24(26)20-7-3-2-4-8-20/h2-15,18H,16-17H2,1H3,(H,27,28)/b18-13+. The minimum Gasteiger partial charge on any atom is -0.269 e. The van der Waals surface area contributed by atoms with Crippen molar-refractivity contribution < 1.29 is 13.2 Å². The maximum atomic E-state index is 11.7. The summed E-state index contributed by atoms with van der Waals surface area (Å²) in [7, 11) is -3.57. The predicted octanol–water partition coefficient (Wildman–Crippen LogP) is 4.68. The molecule has 0 saturated heterocycles. The van der Waals surface area contributed by atoms with Crippen molar-refractivity contribution in [2.45, 2.75) is 12.8 Å². The van der Waals surface area contributed by atoms with Crippen molar-refractivity contribution in [2.75, 3.05) is 6.26 Å². The summed E-state index contributed by atoms with van der Waals surface area (Å²) in [6.07, 6.45) is 5.77. The van der Waals surface area contributed by atoms with Gasteiger partial charge >= 0.3 is 0 Å². The van der Waals surface area contributed by atoms with Crippen LogP contribution in [0.15, 0.2) is 84.9 Å². The van der Waals surface area contributed by atoms with Crippen LogP contribution in [0.25, 0.3) is 17.2 Å². The average Bonchev–Trinajstić information content (AvgIpc) is 2.77. The third kappa shape index (κ3) is 5.01. The Morgan fingerprint density at radius 2 is 1.52 bits per heavy atom. The Balaban J connectivity index is 1.70. The predicted molar refractivity (Wildman–Crippen MR) is 126 cm³/mol. The van der Waals surface area contributed by atoms with Gasteiger partial charge < -0.3 is 0 Å². The molecule has 31 heavy (non-hydrogen) atoms. The highest BCUT2D eigenvalue weighted by molar-refractivity contribution is 7.89. The summed E-state index contributed by atoms with van der Waals surface area (Å²) in [4.78, 5) is 11.7. The van der Waals surface area contributed by atoms with E-state index in [-0.39, 0.29) is 0 Å². The number of carbonyl (C=O) groups is 1. The van der Waals surface area contributed by atoms with Gasteiger partial charge in [-0.25, -0.2) is 13.1 Å². The Labute approximate surface area is 183 Å². The van der Waals surface area contributed by atoms with Crippen LogP contribution in [0.4, 0.5) is 0 Å². The highest BCUT2D eigenvalue weighted by Crippen LogP contribution is 2.40. The molecule has 0 radical (unpaired) electrons.